The average molecular weight is 234 g/mol. The highest BCUT2D eigenvalue weighted by Crippen LogP contribution is 2.28. The standard InChI is InChI=1S/C10H11BN2O4/c1-6(14)12-10-5-17-9-3-2-7(11(15)16)4-8(9)13-10/h2-4,15-16H,5H2,1H3,(H,12,13,14). The molecule has 1 aromatic carbocycles. The first-order valence-corrected chi connectivity index (χ1v) is 5.04. The number of amides is 1. The summed E-state index contributed by atoms with van der Waals surface area (Å²) in [5.74, 6) is 0.715. The summed E-state index contributed by atoms with van der Waals surface area (Å²) in [6.45, 7) is 1.57. The van der Waals surface area contributed by atoms with Crippen LogP contribution in [-0.4, -0.2) is 35.5 Å². The number of hydrogen-bond acceptors (Lipinski definition) is 5. The number of ether oxygens (including phenoxy) is 1. The number of amidine groups is 1. The normalized spacial score (nSPS) is 13.2. The summed E-state index contributed by atoms with van der Waals surface area (Å²) in [6.07, 6.45) is 0. The number of rotatable bonds is 1. The second kappa shape index (κ2) is 4.56. The Kier molecular flexibility index (Phi) is 3.12. The van der Waals surface area contributed by atoms with Gasteiger partial charge in [-0.25, -0.2) is 4.99 Å². The Morgan fingerprint density at radius 3 is 2.94 bits per heavy atom. The Balaban J connectivity index is 2.31. The second-order valence-corrected chi connectivity index (χ2v) is 3.63. The molecule has 88 valence electrons. The fraction of sp³-hybridized carbons (Fsp3) is 0.200. The molecule has 7 heteroatoms. The van der Waals surface area contributed by atoms with Crippen LogP contribution in [0.4, 0.5) is 5.69 Å². The van der Waals surface area contributed by atoms with Crippen molar-refractivity contribution in [1.29, 1.82) is 0 Å². The van der Waals surface area contributed by atoms with Crippen molar-refractivity contribution in [3.05, 3.63) is 18.2 Å². The summed E-state index contributed by atoms with van der Waals surface area (Å²) in [4.78, 5) is 15.0. The van der Waals surface area contributed by atoms with E-state index in [9.17, 15) is 4.79 Å². The number of nitrogens with one attached hydrogen (secondary N) is 1. The summed E-state index contributed by atoms with van der Waals surface area (Å²) in [5, 5.41) is 20.6. The third kappa shape index (κ3) is 2.63. The minimum Gasteiger partial charge on any atom is -0.483 e. The van der Waals surface area contributed by atoms with E-state index in [-0.39, 0.29) is 12.5 Å². The maximum atomic E-state index is 10.9. The number of fused-ring (bicyclic) bond motifs is 1. The van der Waals surface area contributed by atoms with E-state index in [1.807, 2.05) is 0 Å². The smallest absolute Gasteiger partial charge is 0.483 e. The molecule has 17 heavy (non-hydrogen) atoms. The number of hydrogen-bond donors (Lipinski definition) is 3. The van der Waals surface area contributed by atoms with Gasteiger partial charge < -0.3 is 20.1 Å². The first-order valence-electron chi connectivity index (χ1n) is 5.04. The maximum Gasteiger partial charge on any atom is 0.488 e. The first-order chi connectivity index (χ1) is 8.06. The van der Waals surface area contributed by atoms with Crippen LogP contribution in [0.5, 0.6) is 5.75 Å². The van der Waals surface area contributed by atoms with Crippen LogP contribution < -0.4 is 15.5 Å². The van der Waals surface area contributed by atoms with Crippen LogP contribution in [0.3, 0.4) is 0 Å². The molecule has 0 bridgehead atoms. The Morgan fingerprint density at radius 2 is 2.29 bits per heavy atom. The predicted molar refractivity (Wildman–Crippen MR) is 62.7 cm³/mol. The highest BCUT2D eigenvalue weighted by atomic mass is 16.5. The molecule has 0 aromatic heterocycles. The van der Waals surface area contributed by atoms with Crippen molar-refractivity contribution < 1.29 is 19.6 Å². The lowest BCUT2D eigenvalue weighted by atomic mass is 9.80. The molecular weight excluding hydrogens is 223 g/mol. The average Bonchev–Trinajstić information content (AvgIpc) is 2.27. The van der Waals surface area contributed by atoms with E-state index in [4.69, 9.17) is 14.8 Å². The third-order valence-electron chi connectivity index (χ3n) is 2.22. The molecule has 0 spiro atoms. The largest absolute Gasteiger partial charge is 0.488 e. The zero-order valence-corrected chi connectivity index (χ0v) is 9.17. The van der Waals surface area contributed by atoms with Gasteiger partial charge in [-0.3, -0.25) is 4.79 Å². The number of carbonyl (C=O) groups excluding carboxylic acids is 1. The Morgan fingerprint density at radius 1 is 1.53 bits per heavy atom. The first kappa shape index (κ1) is 11.6. The van der Waals surface area contributed by atoms with Gasteiger partial charge in [0.25, 0.3) is 0 Å². The SMILES string of the molecule is CC(=O)NC1=Nc2cc(B(O)O)ccc2OC1. The van der Waals surface area contributed by atoms with Gasteiger partial charge in [-0.1, -0.05) is 6.07 Å². The monoisotopic (exact) mass is 234 g/mol. The van der Waals surface area contributed by atoms with Crippen LogP contribution in [0.15, 0.2) is 23.2 Å². The molecule has 0 aliphatic carbocycles. The molecule has 2 rings (SSSR count). The lowest BCUT2D eigenvalue weighted by Crippen LogP contribution is -2.35. The second-order valence-electron chi connectivity index (χ2n) is 3.63. The van der Waals surface area contributed by atoms with Gasteiger partial charge >= 0.3 is 7.12 Å². The summed E-state index contributed by atoms with van der Waals surface area (Å²) in [5.41, 5.74) is 0.783. The minimum atomic E-state index is -1.55. The van der Waals surface area contributed by atoms with E-state index in [1.165, 1.54) is 13.0 Å². The van der Waals surface area contributed by atoms with Crippen molar-refractivity contribution in [2.45, 2.75) is 6.92 Å². The van der Waals surface area contributed by atoms with E-state index in [0.29, 0.717) is 22.7 Å². The highest BCUT2D eigenvalue weighted by Gasteiger charge is 2.18. The summed E-state index contributed by atoms with van der Waals surface area (Å²) >= 11 is 0. The van der Waals surface area contributed by atoms with Gasteiger partial charge in [0.1, 0.15) is 23.9 Å². The Labute approximate surface area is 98.1 Å². The molecule has 1 aromatic rings. The zero-order valence-electron chi connectivity index (χ0n) is 9.17. The molecule has 0 atom stereocenters. The summed E-state index contributed by atoms with van der Waals surface area (Å²) in [6, 6.07) is 4.65. The van der Waals surface area contributed by atoms with Crippen LogP contribution in [0.2, 0.25) is 0 Å². The van der Waals surface area contributed by atoms with Crippen molar-refractivity contribution in [2.24, 2.45) is 4.99 Å². The van der Waals surface area contributed by atoms with Gasteiger partial charge in [0.05, 0.1) is 0 Å². The van der Waals surface area contributed by atoms with E-state index >= 15 is 0 Å². The molecule has 0 radical (unpaired) electrons. The molecule has 0 saturated carbocycles. The van der Waals surface area contributed by atoms with Crippen molar-refractivity contribution in [1.82, 2.24) is 5.32 Å². The fourth-order valence-corrected chi connectivity index (χ4v) is 1.50. The number of carbonyl (C=O) groups is 1. The summed E-state index contributed by atoms with van der Waals surface area (Å²) in [7, 11) is -1.55. The van der Waals surface area contributed by atoms with E-state index in [0.717, 1.165) is 0 Å². The molecule has 1 aliphatic rings. The van der Waals surface area contributed by atoms with E-state index in [2.05, 4.69) is 10.3 Å². The van der Waals surface area contributed by atoms with Crippen LogP contribution in [0.1, 0.15) is 6.92 Å². The van der Waals surface area contributed by atoms with Gasteiger partial charge in [0, 0.05) is 6.92 Å². The van der Waals surface area contributed by atoms with Crippen molar-refractivity contribution in [3.8, 4) is 5.75 Å². The van der Waals surface area contributed by atoms with Crippen molar-refractivity contribution in [2.75, 3.05) is 6.61 Å². The predicted octanol–water partition coefficient (Wildman–Crippen LogP) is -1.08. The number of aliphatic imine (C=N–C) groups is 1. The molecule has 1 heterocycles. The van der Waals surface area contributed by atoms with Crippen LogP contribution >= 0.6 is 0 Å². The third-order valence-corrected chi connectivity index (χ3v) is 2.22. The number of benzene rings is 1. The van der Waals surface area contributed by atoms with Gasteiger partial charge in [-0.05, 0) is 17.6 Å². The van der Waals surface area contributed by atoms with Crippen molar-refractivity contribution in [3.63, 3.8) is 0 Å². The fourth-order valence-electron chi connectivity index (χ4n) is 1.50. The maximum absolute atomic E-state index is 10.9. The quantitative estimate of drug-likeness (QED) is 0.539. The van der Waals surface area contributed by atoms with E-state index in [1.54, 1.807) is 12.1 Å². The van der Waals surface area contributed by atoms with Gasteiger partial charge in [0.15, 0.2) is 0 Å². The van der Waals surface area contributed by atoms with E-state index < -0.39 is 7.12 Å². The van der Waals surface area contributed by atoms with Crippen LogP contribution in [-0.2, 0) is 4.79 Å². The van der Waals surface area contributed by atoms with Crippen molar-refractivity contribution >= 4 is 30.0 Å². The molecule has 0 unspecified atom stereocenters. The molecule has 3 N–H and O–H groups in total. The lowest BCUT2D eigenvalue weighted by Gasteiger charge is -2.17. The molecule has 6 nitrogen and oxygen atoms in total. The molecule has 1 aliphatic heterocycles. The van der Waals surface area contributed by atoms with Crippen LogP contribution in [0.25, 0.3) is 0 Å². The molecule has 0 fully saturated rings. The van der Waals surface area contributed by atoms with Gasteiger partial charge in [0.2, 0.25) is 5.91 Å². The molecule has 1 amide bonds. The summed E-state index contributed by atoms with van der Waals surface area (Å²) < 4.78 is 5.36. The minimum absolute atomic E-state index is 0.188. The van der Waals surface area contributed by atoms with Gasteiger partial charge in [-0.15, -0.1) is 0 Å². The zero-order chi connectivity index (χ0) is 12.4. The van der Waals surface area contributed by atoms with Gasteiger partial charge in [-0.2, -0.15) is 0 Å². The Bertz CT molecular complexity index is 487. The molecular formula is C10H11BN2O4. The lowest BCUT2D eigenvalue weighted by molar-refractivity contribution is -0.117. The number of nitrogens with zero attached hydrogens (tertiary/aromatic N) is 1. The molecule has 0 saturated heterocycles. The topological polar surface area (TPSA) is 91.2 Å². The van der Waals surface area contributed by atoms with Crippen LogP contribution in [0, 0.1) is 0 Å². The highest BCUT2D eigenvalue weighted by molar-refractivity contribution is 6.58. The Hall–Kier alpha value is -1.86.